The van der Waals surface area contributed by atoms with Gasteiger partial charge in [0.05, 0.1) is 12.1 Å². The summed E-state index contributed by atoms with van der Waals surface area (Å²) in [6.07, 6.45) is 2.07. The van der Waals surface area contributed by atoms with Crippen molar-refractivity contribution in [2.24, 2.45) is 0 Å². The van der Waals surface area contributed by atoms with Crippen molar-refractivity contribution in [1.29, 1.82) is 0 Å². The fourth-order valence-electron chi connectivity index (χ4n) is 3.41. The van der Waals surface area contributed by atoms with E-state index >= 15 is 0 Å². The molecule has 33 heavy (non-hydrogen) atoms. The number of pyridine rings is 1. The maximum atomic E-state index is 13.6. The van der Waals surface area contributed by atoms with E-state index in [4.69, 9.17) is 4.74 Å². The number of amides is 2. The molecule has 2 amide bonds. The monoisotopic (exact) mass is 467 g/mol. The molecule has 0 saturated heterocycles. The summed E-state index contributed by atoms with van der Waals surface area (Å²) in [5.74, 6) is -0.598. The summed E-state index contributed by atoms with van der Waals surface area (Å²) in [6.45, 7) is 5.79. The molecule has 174 valence electrons. The molecule has 0 fully saturated rings. The van der Waals surface area contributed by atoms with Crippen LogP contribution in [0.3, 0.4) is 0 Å². The number of thiophene rings is 1. The van der Waals surface area contributed by atoms with Gasteiger partial charge < -0.3 is 19.9 Å². The number of carbonyl (C=O) groups is 2. The van der Waals surface area contributed by atoms with Gasteiger partial charge in [0, 0.05) is 36.9 Å². The van der Waals surface area contributed by atoms with Gasteiger partial charge in [-0.25, -0.2) is 0 Å². The molecule has 0 aliphatic rings. The highest BCUT2D eigenvalue weighted by Gasteiger charge is 2.32. The first kappa shape index (κ1) is 24.4. The summed E-state index contributed by atoms with van der Waals surface area (Å²) in [6, 6.07) is 13.4. The van der Waals surface area contributed by atoms with Crippen LogP contribution in [0.15, 0.2) is 64.9 Å². The van der Waals surface area contributed by atoms with Gasteiger partial charge in [-0.05, 0) is 43.3 Å². The van der Waals surface area contributed by atoms with Crippen LogP contribution in [-0.4, -0.2) is 41.5 Å². The molecule has 1 unspecified atom stereocenters. The standard InChI is InChI=1S/C25H29N3O4S/c1-3-32-14-5-13-26-24(30)23(19-9-7-18(2)8-10-19)28(17-21-6-4-15-33-21)25(31)20-11-12-22(29)27-16-20/h4,6-12,15-16,23H,3,5,13-14,17H2,1-2H3,(H,26,30)(H,27,29). The van der Waals surface area contributed by atoms with Crippen molar-refractivity contribution in [1.82, 2.24) is 15.2 Å². The number of aromatic nitrogens is 1. The molecular formula is C25H29N3O4S. The highest BCUT2D eigenvalue weighted by atomic mass is 32.1. The zero-order valence-corrected chi connectivity index (χ0v) is 19.7. The van der Waals surface area contributed by atoms with Gasteiger partial charge in [-0.3, -0.25) is 14.4 Å². The molecule has 0 aliphatic heterocycles. The highest BCUT2D eigenvalue weighted by molar-refractivity contribution is 7.09. The molecule has 0 aliphatic carbocycles. The Kier molecular flexibility index (Phi) is 8.97. The van der Waals surface area contributed by atoms with E-state index in [9.17, 15) is 14.4 Å². The Morgan fingerprint density at radius 2 is 1.94 bits per heavy atom. The molecule has 0 radical (unpaired) electrons. The summed E-state index contributed by atoms with van der Waals surface area (Å²) < 4.78 is 5.35. The number of nitrogens with one attached hydrogen (secondary N) is 2. The van der Waals surface area contributed by atoms with Crippen LogP contribution < -0.4 is 10.9 Å². The predicted octanol–water partition coefficient (Wildman–Crippen LogP) is 3.67. The number of ether oxygens (including phenoxy) is 1. The number of aryl methyl sites for hydroxylation is 1. The zero-order valence-electron chi connectivity index (χ0n) is 18.9. The van der Waals surface area contributed by atoms with E-state index in [0.717, 1.165) is 16.0 Å². The maximum Gasteiger partial charge on any atom is 0.256 e. The molecule has 2 heterocycles. The van der Waals surface area contributed by atoms with E-state index in [1.807, 2.05) is 55.6 Å². The van der Waals surface area contributed by atoms with E-state index in [0.29, 0.717) is 31.7 Å². The van der Waals surface area contributed by atoms with Crippen LogP contribution in [0.5, 0.6) is 0 Å². The van der Waals surface area contributed by atoms with Crippen LogP contribution in [-0.2, 0) is 16.1 Å². The number of aromatic amines is 1. The minimum Gasteiger partial charge on any atom is -0.382 e. The van der Waals surface area contributed by atoms with Crippen LogP contribution in [0.25, 0.3) is 0 Å². The summed E-state index contributed by atoms with van der Waals surface area (Å²) in [5, 5.41) is 4.90. The Morgan fingerprint density at radius 3 is 2.58 bits per heavy atom. The lowest BCUT2D eigenvalue weighted by Crippen LogP contribution is -2.43. The van der Waals surface area contributed by atoms with Crippen molar-refractivity contribution in [3.63, 3.8) is 0 Å². The molecule has 0 spiro atoms. The minimum absolute atomic E-state index is 0.260. The van der Waals surface area contributed by atoms with E-state index < -0.39 is 6.04 Å². The summed E-state index contributed by atoms with van der Waals surface area (Å²) >= 11 is 1.52. The van der Waals surface area contributed by atoms with Crippen molar-refractivity contribution in [3.8, 4) is 0 Å². The molecule has 1 aromatic carbocycles. The second-order valence-corrected chi connectivity index (χ2v) is 8.64. The molecule has 2 N–H and O–H groups in total. The quantitative estimate of drug-likeness (QED) is 0.421. The Balaban J connectivity index is 1.95. The van der Waals surface area contributed by atoms with Crippen LogP contribution in [0.2, 0.25) is 0 Å². The lowest BCUT2D eigenvalue weighted by atomic mass is 10.0. The largest absolute Gasteiger partial charge is 0.382 e. The van der Waals surface area contributed by atoms with Crippen molar-refractivity contribution in [2.75, 3.05) is 19.8 Å². The molecule has 3 rings (SSSR count). The van der Waals surface area contributed by atoms with Crippen molar-refractivity contribution in [3.05, 3.63) is 92.0 Å². The average Bonchev–Trinajstić information content (AvgIpc) is 3.33. The minimum atomic E-state index is -0.834. The molecule has 3 aromatic rings. The average molecular weight is 468 g/mol. The van der Waals surface area contributed by atoms with Gasteiger partial charge in [-0.15, -0.1) is 11.3 Å². The Bertz CT molecular complexity index is 1070. The summed E-state index contributed by atoms with van der Waals surface area (Å²) in [5.41, 5.74) is 1.80. The Labute approximate surface area is 197 Å². The fraction of sp³-hybridized carbons (Fsp3) is 0.320. The number of carbonyl (C=O) groups excluding carboxylic acids is 2. The van der Waals surface area contributed by atoms with Gasteiger partial charge in [0.1, 0.15) is 6.04 Å². The van der Waals surface area contributed by atoms with E-state index in [1.54, 1.807) is 4.90 Å². The number of rotatable bonds is 11. The maximum absolute atomic E-state index is 13.6. The number of H-pyrrole nitrogens is 1. The normalized spacial score (nSPS) is 11.7. The SMILES string of the molecule is CCOCCCNC(=O)C(c1ccc(C)cc1)N(Cc1cccs1)C(=O)c1ccc(=O)[nH]c1. The summed E-state index contributed by atoms with van der Waals surface area (Å²) in [7, 11) is 0. The second kappa shape index (κ2) is 12.1. The van der Waals surface area contributed by atoms with Gasteiger partial charge >= 0.3 is 0 Å². The van der Waals surface area contributed by atoms with Gasteiger partial charge in [-0.2, -0.15) is 0 Å². The number of benzene rings is 1. The van der Waals surface area contributed by atoms with Crippen LogP contribution >= 0.6 is 11.3 Å². The molecule has 1 atom stereocenters. The number of hydrogen-bond donors (Lipinski definition) is 2. The lowest BCUT2D eigenvalue weighted by molar-refractivity contribution is -0.126. The van der Waals surface area contributed by atoms with Crippen LogP contribution in [0, 0.1) is 6.92 Å². The Hall–Kier alpha value is -3.23. The molecule has 2 aromatic heterocycles. The first-order valence-corrected chi connectivity index (χ1v) is 11.8. The summed E-state index contributed by atoms with van der Waals surface area (Å²) in [4.78, 5) is 43.6. The van der Waals surface area contributed by atoms with E-state index in [1.165, 1.54) is 29.7 Å². The number of hydrogen-bond acceptors (Lipinski definition) is 5. The third-order valence-electron chi connectivity index (χ3n) is 5.12. The smallest absolute Gasteiger partial charge is 0.256 e. The van der Waals surface area contributed by atoms with E-state index in [-0.39, 0.29) is 23.9 Å². The van der Waals surface area contributed by atoms with Gasteiger partial charge in [0.2, 0.25) is 11.5 Å². The first-order valence-electron chi connectivity index (χ1n) is 10.9. The van der Waals surface area contributed by atoms with Crippen molar-refractivity contribution in [2.45, 2.75) is 32.9 Å². The van der Waals surface area contributed by atoms with Gasteiger partial charge in [0.25, 0.3) is 5.91 Å². The fourth-order valence-corrected chi connectivity index (χ4v) is 4.11. The molecule has 8 heteroatoms. The highest BCUT2D eigenvalue weighted by Crippen LogP contribution is 2.27. The zero-order chi connectivity index (χ0) is 23.6. The van der Waals surface area contributed by atoms with Crippen LogP contribution in [0.1, 0.15) is 45.7 Å². The lowest BCUT2D eigenvalue weighted by Gasteiger charge is -2.31. The number of nitrogens with zero attached hydrogens (tertiary/aromatic N) is 1. The van der Waals surface area contributed by atoms with Crippen molar-refractivity contribution >= 4 is 23.2 Å². The van der Waals surface area contributed by atoms with Crippen LogP contribution in [0.4, 0.5) is 0 Å². The molecule has 0 bridgehead atoms. The predicted molar refractivity (Wildman–Crippen MR) is 129 cm³/mol. The van der Waals surface area contributed by atoms with Gasteiger partial charge in [0.15, 0.2) is 0 Å². The van der Waals surface area contributed by atoms with E-state index in [2.05, 4.69) is 10.3 Å². The Morgan fingerprint density at radius 1 is 1.15 bits per heavy atom. The molecular weight excluding hydrogens is 438 g/mol. The van der Waals surface area contributed by atoms with Crippen molar-refractivity contribution < 1.29 is 14.3 Å². The first-order chi connectivity index (χ1) is 16.0. The topological polar surface area (TPSA) is 91.5 Å². The second-order valence-electron chi connectivity index (χ2n) is 7.61. The molecule has 7 nitrogen and oxygen atoms in total. The third-order valence-corrected chi connectivity index (χ3v) is 5.98. The third kappa shape index (κ3) is 6.87. The molecule has 0 saturated carbocycles. The van der Waals surface area contributed by atoms with Gasteiger partial charge in [-0.1, -0.05) is 35.9 Å².